The van der Waals surface area contributed by atoms with Gasteiger partial charge in [-0.25, -0.2) is 0 Å². The Morgan fingerprint density at radius 3 is 2.62 bits per heavy atom. The number of carbonyl (C=O) groups is 1. The average molecular weight is 175 g/mol. The van der Waals surface area contributed by atoms with Gasteiger partial charge in [0.15, 0.2) is 0 Å². The van der Waals surface area contributed by atoms with Gasteiger partial charge in [0.25, 0.3) is 0 Å². The summed E-state index contributed by atoms with van der Waals surface area (Å²) in [6, 6.07) is 10.1. The highest BCUT2D eigenvalue weighted by Gasteiger charge is 1.88. The highest BCUT2D eigenvalue weighted by atomic mass is 16.1. The zero-order valence-corrected chi connectivity index (χ0v) is 7.44. The van der Waals surface area contributed by atoms with Crippen LogP contribution in [0.25, 0.3) is 0 Å². The third-order valence-corrected chi connectivity index (χ3v) is 1.72. The molecule has 2 nitrogen and oxygen atoms in total. The smallest absolute Gasteiger partial charge is 0.241 e. The lowest BCUT2D eigenvalue weighted by Crippen LogP contribution is -2.05. The first-order valence-corrected chi connectivity index (χ1v) is 4.29. The van der Waals surface area contributed by atoms with Crippen molar-refractivity contribution in [1.82, 2.24) is 0 Å². The van der Waals surface area contributed by atoms with Crippen LogP contribution < -0.4 is 5.73 Å². The van der Waals surface area contributed by atoms with Gasteiger partial charge in [0, 0.05) is 0 Å². The first-order valence-electron chi connectivity index (χ1n) is 4.29. The molecular formula is C11H13NO. The minimum Gasteiger partial charge on any atom is -0.366 e. The predicted octanol–water partition coefficient (Wildman–Crippen LogP) is 1.66. The van der Waals surface area contributed by atoms with Gasteiger partial charge < -0.3 is 5.73 Å². The van der Waals surface area contributed by atoms with Crippen molar-refractivity contribution in [1.29, 1.82) is 0 Å². The summed E-state index contributed by atoms with van der Waals surface area (Å²) in [5.41, 5.74) is 6.22. The lowest BCUT2D eigenvalue weighted by molar-refractivity contribution is -0.113. The standard InChI is InChI=1S/C11H13NO/c12-11(13)9-5-4-8-10-6-2-1-3-7-10/h1-3,5-7,9H,4,8H2,(H2,12,13)/b9-5-. The Balaban J connectivity index is 2.32. The number of rotatable bonds is 4. The first-order chi connectivity index (χ1) is 6.29. The number of aryl methyl sites for hydroxylation is 1. The molecule has 0 aromatic heterocycles. The van der Waals surface area contributed by atoms with Crippen molar-refractivity contribution in [3.63, 3.8) is 0 Å². The molecule has 0 unspecified atom stereocenters. The zero-order valence-electron chi connectivity index (χ0n) is 7.44. The lowest BCUT2D eigenvalue weighted by Gasteiger charge is -1.95. The topological polar surface area (TPSA) is 43.1 Å². The summed E-state index contributed by atoms with van der Waals surface area (Å²) in [5.74, 6) is -0.381. The van der Waals surface area contributed by atoms with E-state index >= 15 is 0 Å². The second-order valence-corrected chi connectivity index (χ2v) is 2.83. The molecule has 2 heteroatoms. The predicted molar refractivity (Wildman–Crippen MR) is 53.1 cm³/mol. The van der Waals surface area contributed by atoms with Crippen molar-refractivity contribution in [2.24, 2.45) is 5.73 Å². The molecule has 0 bridgehead atoms. The third kappa shape index (κ3) is 4.11. The van der Waals surface area contributed by atoms with E-state index in [4.69, 9.17) is 5.73 Å². The summed E-state index contributed by atoms with van der Waals surface area (Å²) in [6.45, 7) is 0. The summed E-state index contributed by atoms with van der Waals surface area (Å²) in [6.07, 6.45) is 5.01. The Morgan fingerprint density at radius 2 is 2.00 bits per heavy atom. The summed E-state index contributed by atoms with van der Waals surface area (Å²) in [7, 11) is 0. The molecule has 0 spiro atoms. The molecule has 0 aliphatic heterocycles. The van der Waals surface area contributed by atoms with Crippen LogP contribution in [0.3, 0.4) is 0 Å². The van der Waals surface area contributed by atoms with Crippen LogP contribution in [-0.4, -0.2) is 5.91 Å². The molecular weight excluding hydrogens is 162 g/mol. The number of hydrogen-bond acceptors (Lipinski definition) is 1. The van der Waals surface area contributed by atoms with E-state index in [1.54, 1.807) is 6.08 Å². The molecule has 0 aliphatic rings. The molecule has 1 aromatic carbocycles. The molecule has 0 fully saturated rings. The van der Waals surface area contributed by atoms with E-state index in [0.717, 1.165) is 12.8 Å². The Bertz CT molecular complexity index is 290. The quantitative estimate of drug-likeness (QED) is 0.695. The Labute approximate surface area is 78.1 Å². The van der Waals surface area contributed by atoms with Gasteiger partial charge in [-0.3, -0.25) is 4.79 Å². The molecule has 0 heterocycles. The molecule has 68 valence electrons. The fourth-order valence-corrected chi connectivity index (χ4v) is 1.09. The number of nitrogens with two attached hydrogens (primary N) is 1. The molecule has 0 saturated heterocycles. The second-order valence-electron chi connectivity index (χ2n) is 2.83. The second kappa shape index (κ2) is 5.14. The van der Waals surface area contributed by atoms with Crippen LogP contribution in [0.2, 0.25) is 0 Å². The van der Waals surface area contributed by atoms with Gasteiger partial charge in [0.05, 0.1) is 0 Å². The van der Waals surface area contributed by atoms with E-state index < -0.39 is 0 Å². The number of amides is 1. The summed E-state index contributed by atoms with van der Waals surface area (Å²) in [4.78, 5) is 10.3. The third-order valence-electron chi connectivity index (χ3n) is 1.72. The molecule has 2 N–H and O–H groups in total. The fourth-order valence-electron chi connectivity index (χ4n) is 1.09. The molecule has 0 radical (unpaired) electrons. The van der Waals surface area contributed by atoms with Crippen LogP contribution in [0, 0.1) is 0 Å². The van der Waals surface area contributed by atoms with Crippen LogP contribution in [0.1, 0.15) is 12.0 Å². The molecule has 1 rings (SSSR count). The van der Waals surface area contributed by atoms with Crippen molar-refractivity contribution in [2.75, 3.05) is 0 Å². The maximum Gasteiger partial charge on any atom is 0.241 e. The minimum absolute atomic E-state index is 0.381. The van der Waals surface area contributed by atoms with Gasteiger partial charge in [-0.1, -0.05) is 36.4 Å². The molecule has 0 aliphatic carbocycles. The number of carbonyl (C=O) groups excluding carboxylic acids is 1. The van der Waals surface area contributed by atoms with Gasteiger partial charge >= 0.3 is 0 Å². The number of primary amides is 1. The number of benzene rings is 1. The van der Waals surface area contributed by atoms with E-state index in [0.29, 0.717) is 0 Å². The van der Waals surface area contributed by atoms with E-state index in [2.05, 4.69) is 12.1 Å². The van der Waals surface area contributed by atoms with Crippen LogP contribution >= 0.6 is 0 Å². The Morgan fingerprint density at radius 1 is 1.31 bits per heavy atom. The number of hydrogen-bond donors (Lipinski definition) is 1. The highest BCUT2D eigenvalue weighted by molar-refractivity contribution is 5.85. The van der Waals surface area contributed by atoms with Crippen LogP contribution in [0.4, 0.5) is 0 Å². The SMILES string of the molecule is NC(=O)/C=C\CCc1ccccc1. The maximum absolute atomic E-state index is 10.3. The summed E-state index contributed by atoms with van der Waals surface area (Å²) in [5, 5.41) is 0. The van der Waals surface area contributed by atoms with Crippen molar-refractivity contribution in [3.05, 3.63) is 48.0 Å². The van der Waals surface area contributed by atoms with Crippen LogP contribution in [0.15, 0.2) is 42.5 Å². The van der Waals surface area contributed by atoms with Gasteiger partial charge in [-0.05, 0) is 24.5 Å². The largest absolute Gasteiger partial charge is 0.366 e. The van der Waals surface area contributed by atoms with E-state index in [9.17, 15) is 4.79 Å². The van der Waals surface area contributed by atoms with E-state index in [1.807, 2.05) is 18.2 Å². The molecule has 13 heavy (non-hydrogen) atoms. The maximum atomic E-state index is 10.3. The highest BCUT2D eigenvalue weighted by Crippen LogP contribution is 2.02. The fraction of sp³-hybridized carbons (Fsp3) is 0.182. The zero-order chi connectivity index (χ0) is 9.52. The Hall–Kier alpha value is -1.57. The van der Waals surface area contributed by atoms with Crippen LogP contribution in [-0.2, 0) is 11.2 Å². The van der Waals surface area contributed by atoms with Crippen molar-refractivity contribution >= 4 is 5.91 Å². The average Bonchev–Trinajstić information content (AvgIpc) is 2.14. The molecule has 0 saturated carbocycles. The summed E-state index contributed by atoms with van der Waals surface area (Å²) >= 11 is 0. The van der Waals surface area contributed by atoms with Gasteiger partial charge in [0.2, 0.25) is 5.91 Å². The molecule has 1 amide bonds. The summed E-state index contributed by atoms with van der Waals surface area (Å²) < 4.78 is 0. The Kier molecular flexibility index (Phi) is 3.76. The van der Waals surface area contributed by atoms with Crippen molar-refractivity contribution in [3.8, 4) is 0 Å². The van der Waals surface area contributed by atoms with Crippen LogP contribution in [0.5, 0.6) is 0 Å². The van der Waals surface area contributed by atoms with E-state index in [-0.39, 0.29) is 5.91 Å². The van der Waals surface area contributed by atoms with Gasteiger partial charge in [-0.15, -0.1) is 0 Å². The lowest BCUT2D eigenvalue weighted by atomic mass is 10.1. The monoisotopic (exact) mass is 175 g/mol. The minimum atomic E-state index is -0.381. The van der Waals surface area contributed by atoms with Gasteiger partial charge in [0.1, 0.15) is 0 Å². The molecule has 0 atom stereocenters. The number of allylic oxidation sites excluding steroid dienone is 1. The normalized spacial score (nSPS) is 10.5. The van der Waals surface area contributed by atoms with Crippen molar-refractivity contribution < 1.29 is 4.79 Å². The van der Waals surface area contributed by atoms with E-state index in [1.165, 1.54) is 11.6 Å². The van der Waals surface area contributed by atoms with Gasteiger partial charge in [-0.2, -0.15) is 0 Å². The molecule has 1 aromatic rings. The van der Waals surface area contributed by atoms with Crippen molar-refractivity contribution in [2.45, 2.75) is 12.8 Å². The first kappa shape index (κ1) is 9.52.